The molecule has 2 N–H and O–H groups in total. The molecule has 10 nitrogen and oxygen atoms in total. The number of aromatic amines is 1. The van der Waals surface area contributed by atoms with Crippen molar-refractivity contribution in [2.75, 3.05) is 38.1 Å². The van der Waals surface area contributed by atoms with Crippen LogP contribution in [0.4, 0.5) is 25.3 Å². The lowest BCUT2D eigenvalue weighted by atomic mass is 10.0. The largest absolute Gasteiger partial charge is 0.449 e. The van der Waals surface area contributed by atoms with Crippen molar-refractivity contribution in [3.05, 3.63) is 59.6 Å². The molecule has 0 unspecified atom stereocenters. The summed E-state index contributed by atoms with van der Waals surface area (Å²) in [5.74, 6) is -0.509. The second-order valence-corrected chi connectivity index (χ2v) is 10.4. The molecule has 1 aliphatic rings. The molecular weight excluding hydrogens is 530 g/mol. The maximum atomic E-state index is 14.8. The van der Waals surface area contributed by atoms with Crippen molar-refractivity contribution < 1.29 is 18.3 Å². The minimum atomic E-state index is -0.665. The van der Waals surface area contributed by atoms with Gasteiger partial charge in [-0.25, -0.2) is 28.5 Å². The maximum absolute atomic E-state index is 14.8. The van der Waals surface area contributed by atoms with Gasteiger partial charge in [0.25, 0.3) is 0 Å². The minimum Gasteiger partial charge on any atom is -0.449 e. The van der Waals surface area contributed by atoms with Crippen LogP contribution < -0.4 is 5.32 Å². The number of carbonyl (C=O) groups excluding carboxylic acids is 1. The third-order valence-electron chi connectivity index (χ3n) is 7.06. The predicted molar refractivity (Wildman–Crippen MR) is 152 cm³/mol. The number of rotatable bonds is 9. The second-order valence-electron chi connectivity index (χ2n) is 10.4. The molecule has 1 aliphatic heterocycles. The highest BCUT2D eigenvalue weighted by Gasteiger charge is 2.22. The summed E-state index contributed by atoms with van der Waals surface area (Å²) in [6.45, 7) is 9.91. The normalized spacial score (nSPS) is 14.1. The number of fused-ring (bicyclic) bond motifs is 1. The lowest BCUT2D eigenvalue weighted by Gasteiger charge is -2.34. The van der Waals surface area contributed by atoms with Crippen LogP contribution in [0, 0.1) is 11.6 Å². The monoisotopic (exact) mass is 564 g/mol. The molecule has 1 amide bonds. The summed E-state index contributed by atoms with van der Waals surface area (Å²) >= 11 is 0. The average Bonchev–Trinajstić information content (AvgIpc) is 3.41. The molecule has 0 radical (unpaired) electrons. The Bertz CT molecular complexity index is 1500. The van der Waals surface area contributed by atoms with Crippen LogP contribution in [-0.2, 0) is 11.3 Å². The quantitative estimate of drug-likeness (QED) is 0.252. The molecule has 0 atom stereocenters. The molecule has 0 saturated carbocycles. The first kappa shape index (κ1) is 28.3. The number of ether oxygens (including phenoxy) is 1. The van der Waals surface area contributed by atoms with Crippen molar-refractivity contribution in [1.82, 2.24) is 34.9 Å². The number of halogens is 2. The molecule has 0 aliphatic carbocycles. The number of hydrogen-bond acceptors (Lipinski definition) is 8. The number of amides is 1. The molecule has 4 heterocycles. The number of benzene rings is 1. The van der Waals surface area contributed by atoms with E-state index in [4.69, 9.17) is 4.74 Å². The average molecular weight is 565 g/mol. The third kappa shape index (κ3) is 6.59. The molecule has 1 aromatic carbocycles. The van der Waals surface area contributed by atoms with Gasteiger partial charge in [-0.1, -0.05) is 33.3 Å². The van der Waals surface area contributed by atoms with E-state index in [1.807, 2.05) is 19.9 Å². The number of nitrogens with one attached hydrogen (secondary N) is 2. The summed E-state index contributed by atoms with van der Waals surface area (Å²) in [5, 5.41) is 10.5. The number of aromatic nitrogens is 5. The van der Waals surface area contributed by atoms with E-state index in [1.165, 1.54) is 6.07 Å². The number of H-pyrrole nitrogens is 1. The van der Waals surface area contributed by atoms with Gasteiger partial charge in [0, 0.05) is 55.6 Å². The van der Waals surface area contributed by atoms with Crippen LogP contribution in [0.3, 0.4) is 0 Å². The van der Waals surface area contributed by atoms with Crippen LogP contribution in [0.1, 0.15) is 50.8 Å². The van der Waals surface area contributed by atoms with Gasteiger partial charge in [-0.05, 0) is 36.1 Å². The molecule has 41 heavy (non-hydrogen) atoms. The van der Waals surface area contributed by atoms with E-state index in [9.17, 15) is 13.6 Å². The summed E-state index contributed by atoms with van der Waals surface area (Å²) in [7, 11) is 0. The van der Waals surface area contributed by atoms with Gasteiger partial charge in [0.15, 0.2) is 11.6 Å². The van der Waals surface area contributed by atoms with E-state index >= 15 is 0 Å². The number of piperazine rings is 1. The van der Waals surface area contributed by atoms with Gasteiger partial charge in [0.1, 0.15) is 17.0 Å². The molecule has 1 fully saturated rings. The lowest BCUT2D eigenvalue weighted by Crippen LogP contribution is -2.48. The molecular formula is C29H34F2N8O2. The molecule has 4 aromatic rings. The summed E-state index contributed by atoms with van der Waals surface area (Å²) in [5.41, 5.74) is 2.26. The smallest absolute Gasteiger partial charge is 0.409 e. The number of anilines is 2. The second kappa shape index (κ2) is 12.5. The fourth-order valence-electron chi connectivity index (χ4n) is 4.75. The molecule has 0 bridgehead atoms. The van der Waals surface area contributed by atoms with E-state index in [0.717, 1.165) is 43.4 Å². The van der Waals surface area contributed by atoms with Crippen molar-refractivity contribution >= 4 is 28.8 Å². The van der Waals surface area contributed by atoms with Gasteiger partial charge in [-0.15, -0.1) is 0 Å². The first-order valence-electron chi connectivity index (χ1n) is 13.9. The predicted octanol–water partition coefficient (Wildman–Crippen LogP) is 5.61. The summed E-state index contributed by atoms with van der Waals surface area (Å²) in [6.07, 6.45) is 4.44. The maximum Gasteiger partial charge on any atom is 0.409 e. The minimum absolute atomic E-state index is 0.0239. The standard InChI is InChI=1S/C29H34F2N8O2/c1-4-5-12-41-29(40)39-10-8-38(9-11-39)17-19-6-7-24(32-15-19)34-28-33-16-23(31)26(35-28)20-13-21-25(18(2)3)36-37-27(21)22(30)14-20/h6-7,13-16,18H,4-5,8-12,17H2,1-3H3,(H,36,37)(H,32,33,34,35). The van der Waals surface area contributed by atoms with E-state index in [1.54, 1.807) is 23.2 Å². The van der Waals surface area contributed by atoms with Gasteiger partial charge in [-0.2, -0.15) is 5.10 Å². The molecule has 216 valence electrons. The van der Waals surface area contributed by atoms with Crippen LogP contribution in [-0.4, -0.2) is 73.8 Å². The van der Waals surface area contributed by atoms with Crippen molar-refractivity contribution in [2.45, 2.75) is 46.1 Å². The highest BCUT2D eigenvalue weighted by molar-refractivity contribution is 5.87. The highest BCUT2D eigenvalue weighted by atomic mass is 19.1. The van der Waals surface area contributed by atoms with E-state index < -0.39 is 11.6 Å². The zero-order valence-electron chi connectivity index (χ0n) is 23.5. The first-order chi connectivity index (χ1) is 19.8. The molecule has 5 rings (SSSR count). The molecule has 0 spiro atoms. The summed E-state index contributed by atoms with van der Waals surface area (Å²) in [4.78, 5) is 29.0. The van der Waals surface area contributed by atoms with E-state index in [-0.39, 0.29) is 29.2 Å². The number of unbranched alkanes of at least 4 members (excludes halogenated alkanes) is 1. The lowest BCUT2D eigenvalue weighted by molar-refractivity contribution is 0.0737. The fraction of sp³-hybridized carbons (Fsp3) is 0.414. The Hall–Kier alpha value is -4.19. The molecule has 12 heteroatoms. The Morgan fingerprint density at radius 2 is 1.90 bits per heavy atom. The zero-order valence-corrected chi connectivity index (χ0v) is 23.5. The van der Waals surface area contributed by atoms with Gasteiger partial charge >= 0.3 is 6.09 Å². The Kier molecular flexibility index (Phi) is 8.67. The Morgan fingerprint density at radius 1 is 1.10 bits per heavy atom. The van der Waals surface area contributed by atoms with Crippen LogP contribution in [0.15, 0.2) is 36.7 Å². The van der Waals surface area contributed by atoms with Crippen molar-refractivity contribution in [1.29, 1.82) is 0 Å². The zero-order chi connectivity index (χ0) is 28.9. The fourth-order valence-corrected chi connectivity index (χ4v) is 4.75. The van der Waals surface area contributed by atoms with Crippen LogP contribution in [0.2, 0.25) is 0 Å². The van der Waals surface area contributed by atoms with Gasteiger partial charge in [0.05, 0.1) is 12.8 Å². The summed E-state index contributed by atoms with van der Waals surface area (Å²) < 4.78 is 34.9. The Balaban J connectivity index is 1.22. The van der Waals surface area contributed by atoms with Crippen molar-refractivity contribution in [3.8, 4) is 11.3 Å². The van der Waals surface area contributed by atoms with Crippen molar-refractivity contribution in [2.24, 2.45) is 0 Å². The van der Waals surface area contributed by atoms with Gasteiger partial charge in [0.2, 0.25) is 5.95 Å². The van der Waals surface area contributed by atoms with E-state index in [2.05, 4.69) is 42.3 Å². The SMILES string of the molecule is CCCCOC(=O)N1CCN(Cc2ccc(Nc3ncc(F)c(-c4cc(F)c5n[nH]c(C(C)C)c5c4)n3)nc2)CC1. The van der Waals surface area contributed by atoms with Crippen LogP contribution in [0.5, 0.6) is 0 Å². The van der Waals surface area contributed by atoms with E-state index in [0.29, 0.717) is 43.0 Å². The van der Waals surface area contributed by atoms with Gasteiger partial charge < -0.3 is 15.0 Å². The first-order valence-corrected chi connectivity index (χ1v) is 13.9. The Labute approximate surface area is 237 Å². The van der Waals surface area contributed by atoms with Crippen molar-refractivity contribution in [3.63, 3.8) is 0 Å². The number of pyridine rings is 1. The number of hydrogen-bond donors (Lipinski definition) is 2. The number of carbonyl (C=O) groups is 1. The highest BCUT2D eigenvalue weighted by Crippen LogP contribution is 2.31. The van der Waals surface area contributed by atoms with Crippen LogP contribution >= 0.6 is 0 Å². The molecule has 3 aromatic heterocycles. The number of nitrogens with zero attached hydrogens (tertiary/aromatic N) is 6. The van der Waals surface area contributed by atoms with Gasteiger partial charge in [-0.3, -0.25) is 10.00 Å². The molecule has 1 saturated heterocycles. The third-order valence-corrected chi connectivity index (χ3v) is 7.06. The topological polar surface area (TPSA) is 112 Å². The van der Waals surface area contributed by atoms with Crippen LogP contribution in [0.25, 0.3) is 22.2 Å². The Morgan fingerprint density at radius 3 is 2.61 bits per heavy atom. The summed E-state index contributed by atoms with van der Waals surface area (Å²) in [6, 6.07) is 6.66.